The maximum absolute atomic E-state index is 5.20. The third-order valence-electron chi connectivity index (χ3n) is 3.31. The summed E-state index contributed by atoms with van der Waals surface area (Å²) in [6.07, 6.45) is 3.77. The minimum absolute atomic E-state index is 0.602. The van der Waals surface area contributed by atoms with Gasteiger partial charge in [-0.15, -0.1) is 0 Å². The highest BCUT2D eigenvalue weighted by Gasteiger charge is 2.30. The van der Waals surface area contributed by atoms with Gasteiger partial charge in [0, 0.05) is 25.2 Å². The van der Waals surface area contributed by atoms with Gasteiger partial charge in [-0.05, 0) is 26.2 Å². The summed E-state index contributed by atoms with van der Waals surface area (Å²) < 4.78 is 5.20. The molecule has 5 heteroatoms. The standard InChI is InChI=1S/C10H16N4O/c1-7-11-10(15-13-7)14-5-4-8-2-3-9(6-14)12-8/h8-9,12H,2-6H2,1H3. The van der Waals surface area contributed by atoms with Gasteiger partial charge in [0.05, 0.1) is 0 Å². The van der Waals surface area contributed by atoms with Crippen molar-refractivity contribution in [1.29, 1.82) is 0 Å². The second-order valence-electron chi connectivity index (χ2n) is 4.50. The molecule has 1 N–H and O–H groups in total. The van der Waals surface area contributed by atoms with Crippen molar-refractivity contribution in [2.75, 3.05) is 18.0 Å². The number of hydrogen-bond acceptors (Lipinski definition) is 5. The SMILES string of the molecule is Cc1noc(N2CCC3CCC(C2)N3)n1. The topological polar surface area (TPSA) is 54.2 Å². The van der Waals surface area contributed by atoms with E-state index >= 15 is 0 Å². The van der Waals surface area contributed by atoms with Crippen LogP contribution in [0.25, 0.3) is 0 Å². The Bertz CT molecular complexity index is 351. The lowest BCUT2D eigenvalue weighted by molar-refractivity contribution is 0.404. The molecule has 2 aliphatic heterocycles. The first-order valence-corrected chi connectivity index (χ1v) is 5.62. The quantitative estimate of drug-likeness (QED) is 0.736. The van der Waals surface area contributed by atoms with Crippen molar-refractivity contribution in [3.63, 3.8) is 0 Å². The molecule has 0 spiro atoms. The molecule has 2 unspecified atom stereocenters. The van der Waals surface area contributed by atoms with E-state index in [9.17, 15) is 0 Å². The largest absolute Gasteiger partial charge is 0.324 e. The molecule has 1 aromatic heterocycles. The van der Waals surface area contributed by atoms with Gasteiger partial charge in [0.1, 0.15) is 0 Å². The zero-order chi connectivity index (χ0) is 10.3. The number of hydrogen-bond donors (Lipinski definition) is 1. The Morgan fingerprint density at radius 3 is 3.00 bits per heavy atom. The van der Waals surface area contributed by atoms with E-state index < -0.39 is 0 Å². The van der Waals surface area contributed by atoms with Gasteiger partial charge in [0.15, 0.2) is 5.82 Å². The number of nitrogens with one attached hydrogen (secondary N) is 1. The van der Waals surface area contributed by atoms with E-state index in [0.29, 0.717) is 23.9 Å². The first kappa shape index (κ1) is 9.15. The van der Waals surface area contributed by atoms with Crippen LogP contribution < -0.4 is 10.2 Å². The fraction of sp³-hybridized carbons (Fsp3) is 0.800. The van der Waals surface area contributed by atoms with E-state index in [4.69, 9.17) is 4.52 Å². The Kier molecular flexibility index (Phi) is 2.12. The molecular formula is C10H16N4O. The van der Waals surface area contributed by atoms with Crippen molar-refractivity contribution in [1.82, 2.24) is 15.5 Å². The summed E-state index contributed by atoms with van der Waals surface area (Å²) in [4.78, 5) is 6.49. The molecule has 2 fully saturated rings. The Labute approximate surface area is 88.8 Å². The molecule has 3 rings (SSSR count). The molecular weight excluding hydrogens is 192 g/mol. The summed E-state index contributed by atoms with van der Waals surface area (Å²) in [6, 6.07) is 1.98. The Morgan fingerprint density at radius 2 is 2.20 bits per heavy atom. The van der Waals surface area contributed by atoms with Gasteiger partial charge in [-0.3, -0.25) is 0 Å². The van der Waals surface area contributed by atoms with Crippen LogP contribution >= 0.6 is 0 Å². The van der Waals surface area contributed by atoms with E-state index in [0.717, 1.165) is 13.1 Å². The van der Waals surface area contributed by atoms with Crippen LogP contribution in [0.4, 0.5) is 6.01 Å². The molecule has 5 nitrogen and oxygen atoms in total. The highest BCUT2D eigenvalue weighted by atomic mass is 16.5. The zero-order valence-corrected chi connectivity index (χ0v) is 8.94. The third kappa shape index (κ3) is 1.71. The van der Waals surface area contributed by atoms with Crippen LogP contribution in [0.2, 0.25) is 0 Å². The van der Waals surface area contributed by atoms with Crippen LogP contribution in [0.3, 0.4) is 0 Å². The fourth-order valence-corrected chi connectivity index (χ4v) is 2.53. The number of aromatic nitrogens is 2. The molecule has 2 aliphatic rings. The average molecular weight is 208 g/mol. The van der Waals surface area contributed by atoms with Crippen molar-refractivity contribution in [3.05, 3.63) is 5.82 Å². The van der Waals surface area contributed by atoms with Gasteiger partial charge in [0.25, 0.3) is 0 Å². The molecule has 0 amide bonds. The summed E-state index contributed by atoms with van der Waals surface area (Å²) >= 11 is 0. The van der Waals surface area contributed by atoms with Crippen LogP contribution in [-0.2, 0) is 0 Å². The molecule has 0 aromatic carbocycles. The van der Waals surface area contributed by atoms with E-state index in [1.54, 1.807) is 0 Å². The van der Waals surface area contributed by atoms with Crippen LogP contribution in [0.15, 0.2) is 4.52 Å². The highest BCUT2D eigenvalue weighted by molar-refractivity contribution is 5.26. The van der Waals surface area contributed by atoms with Gasteiger partial charge in [-0.25, -0.2) is 0 Å². The fourth-order valence-electron chi connectivity index (χ4n) is 2.53. The first-order chi connectivity index (χ1) is 7.31. The Morgan fingerprint density at radius 1 is 1.33 bits per heavy atom. The predicted octanol–water partition coefficient (Wildman–Crippen LogP) is 0.709. The summed E-state index contributed by atoms with van der Waals surface area (Å²) in [5.74, 6) is 0.715. The second-order valence-corrected chi connectivity index (χ2v) is 4.50. The van der Waals surface area contributed by atoms with Gasteiger partial charge in [0.2, 0.25) is 0 Å². The van der Waals surface area contributed by atoms with Gasteiger partial charge >= 0.3 is 6.01 Å². The molecule has 0 aliphatic carbocycles. The predicted molar refractivity (Wildman–Crippen MR) is 55.8 cm³/mol. The van der Waals surface area contributed by atoms with Crippen molar-refractivity contribution >= 4 is 6.01 Å². The smallest absolute Gasteiger partial charge is 0.323 e. The van der Waals surface area contributed by atoms with Gasteiger partial charge < -0.3 is 14.7 Å². The maximum atomic E-state index is 5.20. The number of rotatable bonds is 1. The molecule has 2 saturated heterocycles. The minimum atomic E-state index is 0.602. The molecule has 0 radical (unpaired) electrons. The molecule has 15 heavy (non-hydrogen) atoms. The van der Waals surface area contributed by atoms with E-state index in [-0.39, 0.29) is 0 Å². The molecule has 0 saturated carbocycles. The number of aryl methyl sites for hydroxylation is 1. The monoisotopic (exact) mass is 208 g/mol. The molecule has 1 aromatic rings. The zero-order valence-electron chi connectivity index (χ0n) is 8.94. The highest BCUT2D eigenvalue weighted by Crippen LogP contribution is 2.23. The molecule has 2 atom stereocenters. The lowest BCUT2D eigenvalue weighted by atomic mass is 10.1. The number of fused-ring (bicyclic) bond motifs is 2. The van der Waals surface area contributed by atoms with Crippen LogP contribution in [0, 0.1) is 6.92 Å². The van der Waals surface area contributed by atoms with E-state index in [1.807, 2.05) is 6.92 Å². The lowest BCUT2D eigenvalue weighted by Crippen LogP contribution is -2.35. The summed E-state index contributed by atoms with van der Waals surface area (Å²) in [5, 5.41) is 7.46. The normalized spacial score (nSPS) is 30.6. The minimum Gasteiger partial charge on any atom is -0.323 e. The Hall–Kier alpha value is -1.10. The van der Waals surface area contributed by atoms with Crippen molar-refractivity contribution in [2.45, 2.75) is 38.3 Å². The maximum Gasteiger partial charge on any atom is 0.324 e. The van der Waals surface area contributed by atoms with Crippen LogP contribution in [-0.4, -0.2) is 35.3 Å². The second kappa shape index (κ2) is 3.48. The van der Waals surface area contributed by atoms with Crippen LogP contribution in [0.5, 0.6) is 0 Å². The lowest BCUT2D eigenvalue weighted by Gasteiger charge is -2.21. The number of nitrogens with zero attached hydrogens (tertiary/aromatic N) is 3. The number of anilines is 1. The van der Waals surface area contributed by atoms with Crippen molar-refractivity contribution < 1.29 is 4.52 Å². The summed E-state index contributed by atoms with van der Waals surface area (Å²) in [5.41, 5.74) is 0. The van der Waals surface area contributed by atoms with Gasteiger partial charge in [-0.1, -0.05) is 5.16 Å². The van der Waals surface area contributed by atoms with Crippen LogP contribution in [0.1, 0.15) is 25.1 Å². The van der Waals surface area contributed by atoms with E-state index in [2.05, 4.69) is 20.4 Å². The van der Waals surface area contributed by atoms with E-state index in [1.165, 1.54) is 19.3 Å². The van der Waals surface area contributed by atoms with Crippen molar-refractivity contribution in [2.24, 2.45) is 0 Å². The molecule has 2 bridgehead atoms. The average Bonchev–Trinajstić information content (AvgIpc) is 2.74. The van der Waals surface area contributed by atoms with Crippen molar-refractivity contribution in [3.8, 4) is 0 Å². The first-order valence-electron chi connectivity index (χ1n) is 5.62. The summed E-state index contributed by atoms with van der Waals surface area (Å²) in [7, 11) is 0. The van der Waals surface area contributed by atoms with Gasteiger partial charge in [-0.2, -0.15) is 4.98 Å². The molecule has 3 heterocycles. The summed E-state index contributed by atoms with van der Waals surface area (Å²) in [6.45, 7) is 3.88. The Balaban J connectivity index is 1.77. The third-order valence-corrected chi connectivity index (χ3v) is 3.31. The molecule has 82 valence electrons.